The van der Waals surface area contributed by atoms with Crippen LogP contribution in [0.15, 0.2) is 84.4 Å². The number of hydrogen-bond donors (Lipinski definition) is 2. The van der Waals surface area contributed by atoms with E-state index in [0.29, 0.717) is 16.3 Å². The summed E-state index contributed by atoms with van der Waals surface area (Å²) in [5.41, 5.74) is 2.53. The molecule has 0 saturated heterocycles. The molecule has 0 heterocycles. The Morgan fingerprint density at radius 2 is 1.71 bits per heavy atom. The first-order valence-corrected chi connectivity index (χ1v) is 11.0. The standard InChI is InChI=1S/C27H24ClN3O3/c1-19(22-5-3-2-4-6-22)31-26(32)18-34-25-13-9-20(10-14-25)15-23(16-29)27(33)30-17-21-7-11-24(28)12-8-21/h2-15,19H,17-18H2,1H3,(H,30,33)(H,31,32)/b23-15+/t19-/m1/s1. The van der Waals surface area contributed by atoms with Crippen molar-refractivity contribution in [1.29, 1.82) is 5.26 Å². The molecule has 0 radical (unpaired) electrons. The van der Waals surface area contributed by atoms with Gasteiger partial charge in [-0.3, -0.25) is 9.59 Å². The monoisotopic (exact) mass is 473 g/mol. The molecule has 0 aliphatic rings. The number of halogens is 1. The number of ether oxygens (including phenoxy) is 1. The second-order valence-electron chi connectivity index (χ2n) is 7.54. The number of amides is 2. The van der Waals surface area contributed by atoms with Gasteiger partial charge in [-0.1, -0.05) is 66.2 Å². The van der Waals surface area contributed by atoms with E-state index in [4.69, 9.17) is 16.3 Å². The predicted molar refractivity (Wildman–Crippen MR) is 132 cm³/mol. The van der Waals surface area contributed by atoms with Crippen LogP contribution in [0.25, 0.3) is 6.08 Å². The molecule has 3 rings (SSSR count). The summed E-state index contributed by atoms with van der Waals surface area (Å²) in [6, 6.07) is 25.3. The molecular weight excluding hydrogens is 450 g/mol. The lowest BCUT2D eigenvalue weighted by molar-refractivity contribution is -0.123. The second-order valence-corrected chi connectivity index (χ2v) is 7.97. The molecule has 7 heteroatoms. The number of carbonyl (C=O) groups excluding carboxylic acids is 2. The van der Waals surface area contributed by atoms with E-state index in [1.54, 1.807) is 48.5 Å². The fraction of sp³-hybridized carbons (Fsp3) is 0.148. The lowest BCUT2D eigenvalue weighted by Gasteiger charge is -2.14. The minimum absolute atomic E-state index is 0.0168. The van der Waals surface area contributed by atoms with E-state index < -0.39 is 5.91 Å². The van der Waals surface area contributed by atoms with Crippen LogP contribution in [-0.4, -0.2) is 18.4 Å². The molecule has 0 unspecified atom stereocenters. The van der Waals surface area contributed by atoms with Crippen LogP contribution in [0.1, 0.15) is 29.7 Å². The SMILES string of the molecule is C[C@@H](NC(=O)COc1ccc(/C=C(\C#N)C(=O)NCc2ccc(Cl)cc2)cc1)c1ccccc1. The number of rotatable bonds is 9. The molecule has 0 fully saturated rings. The molecular formula is C27H24ClN3O3. The summed E-state index contributed by atoms with van der Waals surface area (Å²) >= 11 is 5.86. The highest BCUT2D eigenvalue weighted by molar-refractivity contribution is 6.30. The molecule has 3 aromatic carbocycles. The fourth-order valence-corrected chi connectivity index (χ4v) is 3.24. The molecule has 0 bridgehead atoms. The van der Waals surface area contributed by atoms with E-state index >= 15 is 0 Å². The van der Waals surface area contributed by atoms with E-state index in [1.165, 1.54) is 6.08 Å². The zero-order valence-corrected chi connectivity index (χ0v) is 19.4. The van der Waals surface area contributed by atoms with Gasteiger partial charge in [0.1, 0.15) is 17.4 Å². The average molecular weight is 474 g/mol. The van der Waals surface area contributed by atoms with Gasteiger partial charge in [0, 0.05) is 11.6 Å². The van der Waals surface area contributed by atoms with Gasteiger partial charge in [-0.15, -0.1) is 0 Å². The third-order valence-corrected chi connectivity index (χ3v) is 5.22. The van der Waals surface area contributed by atoms with Crippen molar-refractivity contribution in [3.05, 3.63) is 106 Å². The Labute approximate surface area is 203 Å². The van der Waals surface area contributed by atoms with Crippen LogP contribution < -0.4 is 15.4 Å². The maximum atomic E-state index is 12.4. The predicted octanol–water partition coefficient (Wildman–Crippen LogP) is 4.82. The zero-order chi connectivity index (χ0) is 24.3. The van der Waals surface area contributed by atoms with Gasteiger partial charge in [0.05, 0.1) is 6.04 Å². The van der Waals surface area contributed by atoms with Crippen LogP contribution in [0.5, 0.6) is 5.75 Å². The van der Waals surface area contributed by atoms with Crippen LogP contribution in [0, 0.1) is 11.3 Å². The molecule has 2 amide bonds. The molecule has 0 aromatic heterocycles. The minimum Gasteiger partial charge on any atom is -0.484 e. The molecule has 34 heavy (non-hydrogen) atoms. The smallest absolute Gasteiger partial charge is 0.262 e. The topological polar surface area (TPSA) is 91.2 Å². The molecule has 1 atom stereocenters. The van der Waals surface area contributed by atoms with Crippen LogP contribution >= 0.6 is 11.6 Å². The highest BCUT2D eigenvalue weighted by Gasteiger charge is 2.11. The Morgan fingerprint density at radius 1 is 1.03 bits per heavy atom. The molecule has 172 valence electrons. The van der Waals surface area contributed by atoms with Gasteiger partial charge in [0.15, 0.2) is 6.61 Å². The average Bonchev–Trinajstić information content (AvgIpc) is 2.86. The van der Waals surface area contributed by atoms with Crippen molar-refractivity contribution in [2.75, 3.05) is 6.61 Å². The van der Waals surface area contributed by atoms with E-state index in [9.17, 15) is 14.9 Å². The Hall–Kier alpha value is -4.08. The molecule has 0 aliphatic heterocycles. The highest BCUT2D eigenvalue weighted by atomic mass is 35.5. The van der Waals surface area contributed by atoms with Crippen LogP contribution in [-0.2, 0) is 16.1 Å². The van der Waals surface area contributed by atoms with Crippen molar-refractivity contribution in [3.63, 3.8) is 0 Å². The first kappa shape index (κ1) is 24.6. The Bertz CT molecular complexity index is 1180. The number of benzene rings is 3. The van der Waals surface area contributed by atoms with Gasteiger partial charge < -0.3 is 15.4 Å². The highest BCUT2D eigenvalue weighted by Crippen LogP contribution is 2.16. The first-order chi connectivity index (χ1) is 16.4. The molecule has 2 N–H and O–H groups in total. The second kappa shape index (κ2) is 12.2. The van der Waals surface area contributed by atoms with Crippen LogP contribution in [0.3, 0.4) is 0 Å². The maximum absolute atomic E-state index is 12.4. The van der Waals surface area contributed by atoms with Crippen molar-refractivity contribution in [3.8, 4) is 11.8 Å². The summed E-state index contributed by atoms with van der Waals surface area (Å²) in [6.45, 7) is 2.07. The van der Waals surface area contributed by atoms with Gasteiger partial charge in [-0.2, -0.15) is 5.26 Å². The zero-order valence-electron chi connectivity index (χ0n) is 18.6. The molecule has 6 nitrogen and oxygen atoms in total. The summed E-state index contributed by atoms with van der Waals surface area (Å²) in [6.07, 6.45) is 1.50. The number of nitriles is 1. The minimum atomic E-state index is -0.470. The summed E-state index contributed by atoms with van der Waals surface area (Å²) in [4.78, 5) is 24.5. The lowest BCUT2D eigenvalue weighted by Crippen LogP contribution is -2.31. The molecule has 3 aromatic rings. The Morgan fingerprint density at radius 3 is 2.35 bits per heavy atom. The Kier molecular flexibility index (Phi) is 8.84. The molecule has 0 saturated carbocycles. The number of carbonyl (C=O) groups is 2. The van der Waals surface area contributed by atoms with Gasteiger partial charge in [0.25, 0.3) is 11.8 Å². The largest absolute Gasteiger partial charge is 0.484 e. The number of hydrogen-bond acceptors (Lipinski definition) is 4. The van der Waals surface area contributed by atoms with Gasteiger partial charge in [-0.25, -0.2) is 0 Å². The van der Waals surface area contributed by atoms with Crippen molar-refractivity contribution < 1.29 is 14.3 Å². The summed E-state index contributed by atoms with van der Waals surface area (Å²) in [5.74, 6) is -0.197. The van der Waals surface area contributed by atoms with Crippen molar-refractivity contribution in [1.82, 2.24) is 10.6 Å². The normalized spacial score (nSPS) is 11.7. The van der Waals surface area contributed by atoms with E-state index in [0.717, 1.165) is 11.1 Å². The van der Waals surface area contributed by atoms with Crippen LogP contribution in [0.4, 0.5) is 0 Å². The summed E-state index contributed by atoms with van der Waals surface area (Å²) in [7, 11) is 0. The summed E-state index contributed by atoms with van der Waals surface area (Å²) in [5, 5.41) is 15.6. The van der Waals surface area contributed by atoms with E-state index in [1.807, 2.05) is 43.3 Å². The van der Waals surface area contributed by atoms with Crippen molar-refractivity contribution in [2.45, 2.75) is 19.5 Å². The van der Waals surface area contributed by atoms with Crippen molar-refractivity contribution in [2.24, 2.45) is 0 Å². The third kappa shape index (κ3) is 7.51. The number of nitrogens with one attached hydrogen (secondary N) is 2. The first-order valence-electron chi connectivity index (χ1n) is 10.7. The summed E-state index contributed by atoms with van der Waals surface area (Å²) < 4.78 is 5.55. The molecule has 0 spiro atoms. The number of nitrogens with zero attached hydrogens (tertiary/aromatic N) is 1. The Balaban J connectivity index is 1.51. The van der Waals surface area contributed by atoms with Gasteiger partial charge >= 0.3 is 0 Å². The van der Waals surface area contributed by atoms with Crippen LogP contribution in [0.2, 0.25) is 5.02 Å². The fourth-order valence-electron chi connectivity index (χ4n) is 3.11. The van der Waals surface area contributed by atoms with Gasteiger partial charge in [0.2, 0.25) is 0 Å². The quantitative estimate of drug-likeness (QED) is 0.344. The van der Waals surface area contributed by atoms with E-state index in [-0.39, 0.29) is 30.7 Å². The third-order valence-electron chi connectivity index (χ3n) is 4.97. The molecule has 0 aliphatic carbocycles. The maximum Gasteiger partial charge on any atom is 0.262 e. The van der Waals surface area contributed by atoms with Crippen molar-refractivity contribution >= 4 is 29.5 Å². The van der Waals surface area contributed by atoms with Gasteiger partial charge in [-0.05, 0) is 54.0 Å². The lowest BCUT2D eigenvalue weighted by atomic mass is 10.1. The van der Waals surface area contributed by atoms with E-state index in [2.05, 4.69) is 10.6 Å².